The summed E-state index contributed by atoms with van der Waals surface area (Å²) in [5, 5.41) is 0. The molecule has 2 fully saturated rings. The molecule has 10 heteroatoms. The third kappa shape index (κ3) is 4.52. The number of carbonyl (C=O) groups is 4. The fourth-order valence-electron chi connectivity index (χ4n) is 4.34. The van der Waals surface area contributed by atoms with Crippen molar-refractivity contribution in [2.24, 2.45) is 0 Å². The predicted molar refractivity (Wildman–Crippen MR) is 114 cm³/mol. The molecule has 0 N–H and O–H groups in total. The molecule has 1 unspecified atom stereocenters. The first-order chi connectivity index (χ1) is 16.0. The van der Waals surface area contributed by atoms with E-state index in [9.17, 15) is 19.2 Å². The van der Waals surface area contributed by atoms with Crippen LogP contribution in [0.5, 0.6) is 0 Å². The van der Waals surface area contributed by atoms with Gasteiger partial charge in [0, 0.05) is 31.4 Å². The maximum atomic E-state index is 12.8. The predicted octanol–water partition coefficient (Wildman–Crippen LogP) is 1.47. The molecule has 4 rings (SSSR count). The normalized spacial score (nSPS) is 36.9. The van der Waals surface area contributed by atoms with E-state index in [1.165, 1.54) is 13.8 Å². The van der Waals surface area contributed by atoms with E-state index in [0.717, 1.165) is 0 Å². The molecule has 0 aromatic rings. The summed E-state index contributed by atoms with van der Waals surface area (Å²) in [6.45, 7) is 7.27. The second-order valence-corrected chi connectivity index (χ2v) is 9.07. The SMILES string of the molecule is C/C=C(\C)C(=O)OC1C[C@@]2(COC(C)=O)O[C@H]2/C=C\[C@@]2(C)O[C@@H]2[C@H]2OC(=O)C(COC(C)=O)=C12. The average Bonchev–Trinajstić information content (AvgIpc) is 3.62. The maximum Gasteiger partial charge on any atom is 0.338 e. The van der Waals surface area contributed by atoms with Crippen molar-refractivity contribution in [1.82, 2.24) is 0 Å². The molecule has 0 amide bonds. The highest BCUT2D eigenvalue weighted by Crippen LogP contribution is 2.52. The number of allylic oxidation sites excluding steroid dienone is 1. The number of esters is 4. The van der Waals surface area contributed by atoms with Gasteiger partial charge in [0.15, 0.2) is 6.10 Å². The molecule has 1 aliphatic carbocycles. The van der Waals surface area contributed by atoms with Crippen molar-refractivity contribution in [1.29, 1.82) is 0 Å². The summed E-state index contributed by atoms with van der Waals surface area (Å²) in [4.78, 5) is 48.6. The molecule has 0 aromatic carbocycles. The van der Waals surface area contributed by atoms with Crippen molar-refractivity contribution in [3.8, 4) is 0 Å². The van der Waals surface area contributed by atoms with Gasteiger partial charge in [-0.3, -0.25) is 9.59 Å². The molecule has 34 heavy (non-hydrogen) atoms. The lowest BCUT2D eigenvalue weighted by Crippen LogP contribution is -2.38. The van der Waals surface area contributed by atoms with Crippen LogP contribution in [0.15, 0.2) is 34.9 Å². The summed E-state index contributed by atoms with van der Waals surface area (Å²) in [6, 6.07) is 0. The van der Waals surface area contributed by atoms with Crippen molar-refractivity contribution >= 4 is 23.9 Å². The van der Waals surface area contributed by atoms with Crippen molar-refractivity contribution < 1.29 is 47.6 Å². The van der Waals surface area contributed by atoms with Gasteiger partial charge in [0.05, 0.1) is 5.57 Å². The lowest BCUT2D eigenvalue weighted by molar-refractivity contribution is -0.147. The van der Waals surface area contributed by atoms with Gasteiger partial charge in [-0.15, -0.1) is 0 Å². The Hall–Kier alpha value is -2.98. The Labute approximate surface area is 196 Å². The van der Waals surface area contributed by atoms with Crippen LogP contribution >= 0.6 is 0 Å². The number of rotatable bonds is 6. The molecule has 184 valence electrons. The summed E-state index contributed by atoms with van der Waals surface area (Å²) in [6.07, 6.45) is 2.61. The molecule has 0 radical (unpaired) electrons. The summed E-state index contributed by atoms with van der Waals surface area (Å²) < 4.78 is 33.7. The minimum atomic E-state index is -0.982. The molecule has 0 saturated carbocycles. The molecule has 0 aromatic heterocycles. The van der Waals surface area contributed by atoms with Crippen LogP contribution in [0.4, 0.5) is 0 Å². The van der Waals surface area contributed by atoms with Gasteiger partial charge in [0.25, 0.3) is 0 Å². The molecule has 10 nitrogen and oxygen atoms in total. The quantitative estimate of drug-likeness (QED) is 0.183. The van der Waals surface area contributed by atoms with Crippen molar-refractivity contribution in [3.63, 3.8) is 0 Å². The molecule has 6 atom stereocenters. The number of hydrogen-bond acceptors (Lipinski definition) is 10. The first-order valence-corrected chi connectivity index (χ1v) is 11.1. The number of fused-ring (bicyclic) bond motifs is 4. The van der Waals surface area contributed by atoms with Crippen LogP contribution in [0, 0.1) is 0 Å². The fourth-order valence-corrected chi connectivity index (χ4v) is 4.34. The van der Waals surface area contributed by atoms with E-state index in [0.29, 0.717) is 11.1 Å². The minimum absolute atomic E-state index is 0.0684. The molecular formula is C24H28O10. The molecular weight excluding hydrogens is 448 g/mol. The van der Waals surface area contributed by atoms with E-state index in [-0.39, 0.29) is 25.2 Å². The largest absolute Gasteiger partial charge is 0.463 e. The zero-order chi connectivity index (χ0) is 24.8. The van der Waals surface area contributed by atoms with Gasteiger partial charge in [-0.1, -0.05) is 18.2 Å². The standard InChI is InChI=1S/C24H28O10/c1-6-12(2)21(27)31-16-9-24(11-30-14(4)26)17(33-24)7-8-23(5)20(34-23)19-18(16)15(22(28)32-19)10-29-13(3)25/h6-8,16-17,19-20H,9-11H2,1-5H3/b8-7-,12-6+/t16?,17-,19-,20+,23+,24-/m0/s1. The van der Waals surface area contributed by atoms with Crippen LogP contribution < -0.4 is 0 Å². The summed E-state index contributed by atoms with van der Waals surface area (Å²) >= 11 is 0. The summed E-state index contributed by atoms with van der Waals surface area (Å²) in [7, 11) is 0. The van der Waals surface area contributed by atoms with Crippen molar-refractivity contribution in [2.45, 2.75) is 76.7 Å². The monoisotopic (exact) mass is 476 g/mol. The van der Waals surface area contributed by atoms with Crippen LogP contribution in [-0.4, -0.2) is 72.7 Å². The second-order valence-electron chi connectivity index (χ2n) is 9.07. The Balaban J connectivity index is 1.78. The van der Waals surface area contributed by atoms with Gasteiger partial charge < -0.3 is 28.4 Å². The number of epoxide rings is 2. The molecule has 4 aliphatic rings. The molecule has 2 saturated heterocycles. The van der Waals surface area contributed by atoms with E-state index in [1.54, 1.807) is 19.9 Å². The van der Waals surface area contributed by atoms with Crippen LogP contribution in [-0.2, 0) is 47.6 Å². The van der Waals surface area contributed by atoms with Crippen molar-refractivity contribution in [3.05, 3.63) is 34.9 Å². The molecule has 3 heterocycles. The molecule has 0 spiro atoms. The number of ether oxygens (including phenoxy) is 6. The molecule has 3 aliphatic heterocycles. The first kappa shape index (κ1) is 24.2. The van der Waals surface area contributed by atoms with E-state index in [1.807, 2.05) is 19.1 Å². The topological polar surface area (TPSA) is 130 Å². The zero-order valence-electron chi connectivity index (χ0n) is 19.7. The van der Waals surface area contributed by atoms with Crippen LogP contribution in [0.2, 0.25) is 0 Å². The zero-order valence-corrected chi connectivity index (χ0v) is 19.7. The first-order valence-electron chi connectivity index (χ1n) is 11.1. The summed E-state index contributed by atoms with van der Waals surface area (Å²) in [5.41, 5.74) is -0.875. The average molecular weight is 476 g/mol. The smallest absolute Gasteiger partial charge is 0.338 e. The third-order valence-electron chi connectivity index (χ3n) is 6.55. The molecule has 0 bridgehead atoms. The van der Waals surface area contributed by atoms with Gasteiger partial charge in [-0.2, -0.15) is 0 Å². The van der Waals surface area contributed by atoms with E-state index in [2.05, 4.69) is 0 Å². The number of hydrogen-bond donors (Lipinski definition) is 0. The van der Waals surface area contributed by atoms with E-state index in [4.69, 9.17) is 28.4 Å². The minimum Gasteiger partial charge on any atom is -0.463 e. The lowest BCUT2D eigenvalue weighted by Gasteiger charge is -2.26. The number of carbonyl (C=O) groups excluding carboxylic acids is 4. The highest BCUT2D eigenvalue weighted by molar-refractivity contribution is 5.94. The second kappa shape index (κ2) is 8.66. The Kier molecular flexibility index (Phi) is 6.15. The van der Waals surface area contributed by atoms with Crippen LogP contribution in [0.1, 0.15) is 41.0 Å². The van der Waals surface area contributed by atoms with E-state index < -0.39 is 59.5 Å². The highest BCUT2D eigenvalue weighted by Gasteiger charge is 2.65. The Bertz CT molecular complexity index is 1020. The fraction of sp³-hybridized carbons (Fsp3) is 0.583. The van der Waals surface area contributed by atoms with Gasteiger partial charge in [0.1, 0.15) is 42.7 Å². The van der Waals surface area contributed by atoms with Gasteiger partial charge in [0.2, 0.25) is 0 Å². The van der Waals surface area contributed by atoms with E-state index >= 15 is 0 Å². The van der Waals surface area contributed by atoms with Gasteiger partial charge >= 0.3 is 23.9 Å². The lowest BCUT2D eigenvalue weighted by atomic mass is 9.85. The Morgan fingerprint density at radius 3 is 2.50 bits per heavy atom. The Morgan fingerprint density at radius 2 is 1.85 bits per heavy atom. The third-order valence-corrected chi connectivity index (χ3v) is 6.55. The Morgan fingerprint density at radius 1 is 1.15 bits per heavy atom. The van der Waals surface area contributed by atoms with Crippen LogP contribution in [0.25, 0.3) is 0 Å². The maximum absolute atomic E-state index is 12.8. The van der Waals surface area contributed by atoms with Gasteiger partial charge in [-0.25, -0.2) is 9.59 Å². The van der Waals surface area contributed by atoms with Gasteiger partial charge in [-0.05, 0) is 20.8 Å². The van der Waals surface area contributed by atoms with Crippen molar-refractivity contribution in [2.75, 3.05) is 13.2 Å². The van der Waals surface area contributed by atoms with Crippen LogP contribution in [0.3, 0.4) is 0 Å². The summed E-state index contributed by atoms with van der Waals surface area (Å²) in [5.74, 6) is -2.31. The highest BCUT2D eigenvalue weighted by atomic mass is 16.7.